The number of carbonyl (C=O) groups excluding carboxylic acids is 1. The molecule has 0 bridgehead atoms. The van der Waals surface area contributed by atoms with E-state index in [-0.39, 0.29) is 46.3 Å². The molecule has 1 atom stereocenters. The van der Waals surface area contributed by atoms with Crippen LogP contribution in [-0.4, -0.2) is 65.0 Å². The lowest BCUT2D eigenvalue weighted by atomic mass is 10.1. The molecule has 1 aromatic carbocycles. The highest BCUT2D eigenvalue weighted by Gasteiger charge is 2.33. The Morgan fingerprint density at radius 2 is 2.14 bits per heavy atom. The van der Waals surface area contributed by atoms with Gasteiger partial charge in [0.05, 0.1) is 22.5 Å². The van der Waals surface area contributed by atoms with Crippen molar-refractivity contribution in [1.82, 2.24) is 14.9 Å². The number of hydrogen-bond donors (Lipinski definition) is 1. The molecule has 10 heteroatoms. The molecule has 0 spiro atoms. The Hall–Kier alpha value is -2.07. The minimum Gasteiger partial charge on any atom is -0.449 e. The molecule has 3 rings (SSSR count). The van der Waals surface area contributed by atoms with Crippen molar-refractivity contribution in [3.63, 3.8) is 0 Å². The fourth-order valence-electron chi connectivity index (χ4n) is 3.37. The van der Waals surface area contributed by atoms with Gasteiger partial charge >= 0.3 is 6.09 Å². The summed E-state index contributed by atoms with van der Waals surface area (Å²) in [6.07, 6.45) is 1.10. The normalized spacial score (nSPS) is 17.3. The molecule has 1 fully saturated rings. The van der Waals surface area contributed by atoms with Gasteiger partial charge < -0.3 is 19.6 Å². The second-order valence-electron chi connectivity index (χ2n) is 7.35. The molecular formula is C19H23BrF2N4O3. The number of aliphatic hydroxyl groups excluding tert-OH is 1. The van der Waals surface area contributed by atoms with Crippen LogP contribution < -0.4 is 4.90 Å². The van der Waals surface area contributed by atoms with E-state index in [9.17, 15) is 18.7 Å². The van der Waals surface area contributed by atoms with Gasteiger partial charge in [-0.2, -0.15) is 0 Å². The Morgan fingerprint density at radius 3 is 2.83 bits per heavy atom. The molecule has 1 aliphatic rings. The third-order valence-corrected chi connectivity index (χ3v) is 5.33. The number of ether oxygens (including phenoxy) is 1. The Balaban J connectivity index is 1.91. The first-order chi connectivity index (χ1) is 13.8. The number of fused-ring (bicyclic) bond motifs is 1. The molecule has 1 N–H and O–H groups in total. The topological polar surface area (TPSA) is 78.8 Å². The number of piperazine rings is 1. The molecule has 0 aliphatic carbocycles. The van der Waals surface area contributed by atoms with Crippen molar-refractivity contribution in [1.29, 1.82) is 0 Å². The smallest absolute Gasteiger partial charge is 0.409 e. The zero-order valence-electron chi connectivity index (χ0n) is 16.2. The number of carbonyl (C=O) groups is 1. The van der Waals surface area contributed by atoms with Crippen LogP contribution in [0.4, 0.5) is 19.4 Å². The Bertz CT molecular complexity index is 899. The summed E-state index contributed by atoms with van der Waals surface area (Å²) < 4.78 is 34.4. The summed E-state index contributed by atoms with van der Waals surface area (Å²) in [6.45, 7) is 5.05. The van der Waals surface area contributed by atoms with E-state index < -0.39 is 17.7 Å². The van der Waals surface area contributed by atoms with Crippen LogP contribution in [0.3, 0.4) is 0 Å². The zero-order valence-corrected chi connectivity index (χ0v) is 17.8. The highest BCUT2D eigenvalue weighted by molar-refractivity contribution is 9.10. The fraction of sp³-hybridized carbons (Fsp3) is 0.526. The Morgan fingerprint density at radius 1 is 1.38 bits per heavy atom. The van der Waals surface area contributed by atoms with E-state index in [0.717, 1.165) is 6.07 Å². The van der Waals surface area contributed by atoms with E-state index in [4.69, 9.17) is 4.74 Å². The van der Waals surface area contributed by atoms with Crippen LogP contribution in [0.5, 0.6) is 0 Å². The number of anilines is 1. The van der Waals surface area contributed by atoms with Crippen molar-refractivity contribution < 1.29 is 23.4 Å². The SMILES string of the molecule is CC(C)COC(=O)N1CCN(c2ncnc3c(F)c(Br)cc(F)c23)C(CCO)C1. The molecule has 29 heavy (non-hydrogen) atoms. The number of rotatable bonds is 5. The first-order valence-electron chi connectivity index (χ1n) is 9.40. The van der Waals surface area contributed by atoms with Crippen LogP contribution in [0.2, 0.25) is 0 Å². The van der Waals surface area contributed by atoms with Crippen LogP contribution in [0.25, 0.3) is 10.9 Å². The molecule has 7 nitrogen and oxygen atoms in total. The summed E-state index contributed by atoms with van der Waals surface area (Å²) in [4.78, 5) is 23.8. The van der Waals surface area contributed by atoms with E-state index in [1.165, 1.54) is 6.33 Å². The lowest BCUT2D eigenvalue weighted by Gasteiger charge is -2.41. The number of aliphatic hydroxyl groups is 1. The third kappa shape index (κ3) is 4.58. The number of nitrogens with zero attached hydrogens (tertiary/aromatic N) is 4. The van der Waals surface area contributed by atoms with Crippen LogP contribution in [0.15, 0.2) is 16.9 Å². The van der Waals surface area contributed by atoms with Gasteiger partial charge in [0.25, 0.3) is 0 Å². The minimum atomic E-state index is -0.667. The quantitative estimate of drug-likeness (QED) is 0.672. The molecular weight excluding hydrogens is 450 g/mol. The van der Waals surface area contributed by atoms with Gasteiger partial charge in [-0.3, -0.25) is 0 Å². The van der Waals surface area contributed by atoms with E-state index in [1.54, 1.807) is 9.80 Å². The molecule has 1 aromatic heterocycles. The van der Waals surface area contributed by atoms with Crippen molar-refractivity contribution in [2.24, 2.45) is 5.92 Å². The lowest BCUT2D eigenvalue weighted by molar-refractivity contribution is 0.0832. The predicted octanol–water partition coefficient (Wildman–Crippen LogP) is 3.34. The highest BCUT2D eigenvalue weighted by Crippen LogP contribution is 2.33. The first kappa shape index (κ1) is 21.6. The summed E-state index contributed by atoms with van der Waals surface area (Å²) in [5.74, 6) is -0.851. The second-order valence-corrected chi connectivity index (χ2v) is 8.21. The lowest BCUT2D eigenvalue weighted by Crippen LogP contribution is -2.55. The van der Waals surface area contributed by atoms with Crippen molar-refractivity contribution in [3.8, 4) is 0 Å². The van der Waals surface area contributed by atoms with Gasteiger partial charge in [-0.15, -0.1) is 0 Å². The maximum atomic E-state index is 14.7. The molecule has 1 aliphatic heterocycles. The molecule has 2 heterocycles. The van der Waals surface area contributed by atoms with Gasteiger partial charge in [0.1, 0.15) is 23.5 Å². The molecule has 1 amide bonds. The molecule has 0 radical (unpaired) electrons. The van der Waals surface area contributed by atoms with Gasteiger partial charge in [0.2, 0.25) is 0 Å². The minimum absolute atomic E-state index is 0.0169. The average Bonchev–Trinajstić information content (AvgIpc) is 2.70. The maximum Gasteiger partial charge on any atom is 0.409 e. The first-order valence-corrected chi connectivity index (χ1v) is 10.2. The van der Waals surface area contributed by atoms with Gasteiger partial charge in [-0.25, -0.2) is 23.5 Å². The monoisotopic (exact) mass is 472 g/mol. The van der Waals surface area contributed by atoms with Crippen LogP contribution in [0.1, 0.15) is 20.3 Å². The number of aromatic nitrogens is 2. The Kier molecular flexibility index (Phi) is 6.84. The number of amides is 1. The standard InChI is InChI=1S/C19H23BrF2N4O3/c1-11(2)9-29-19(28)25-4-5-26(12(8-25)3-6-27)18-15-14(21)7-13(20)16(22)17(15)23-10-24-18/h7,10-12,27H,3-6,8-9H2,1-2H3. The van der Waals surface area contributed by atoms with Crippen LogP contribution in [-0.2, 0) is 4.74 Å². The van der Waals surface area contributed by atoms with Crippen molar-refractivity contribution in [3.05, 3.63) is 28.5 Å². The molecule has 158 valence electrons. The van der Waals surface area contributed by atoms with Gasteiger partial charge in [-0.1, -0.05) is 13.8 Å². The number of benzene rings is 1. The number of hydrogen-bond acceptors (Lipinski definition) is 6. The van der Waals surface area contributed by atoms with Crippen LogP contribution in [0, 0.1) is 17.6 Å². The average molecular weight is 473 g/mol. The number of halogens is 3. The van der Waals surface area contributed by atoms with Crippen molar-refractivity contribution in [2.75, 3.05) is 37.7 Å². The van der Waals surface area contributed by atoms with E-state index in [0.29, 0.717) is 26.1 Å². The molecule has 2 aromatic rings. The van der Waals surface area contributed by atoms with Gasteiger partial charge in [-0.05, 0) is 34.3 Å². The zero-order chi connectivity index (χ0) is 21.1. The van der Waals surface area contributed by atoms with E-state index >= 15 is 0 Å². The van der Waals surface area contributed by atoms with Crippen LogP contribution >= 0.6 is 15.9 Å². The largest absolute Gasteiger partial charge is 0.449 e. The molecule has 1 unspecified atom stereocenters. The highest BCUT2D eigenvalue weighted by atomic mass is 79.9. The van der Waals surface area contributed by atoms with Crippen molar-refractivity contribution in [2.45, 2.75) is 26.3 Å². The maximum absolute atomic E-state index is 14.7. The molecule has 0 saturated carbocycles. The summed E-state index contributed by atoms with van der Waals surface area (Å²) in [5.41, 5.74) is -0.122. The van der Waals surface area contributed by atoms with Crippen molar-refractivity contribution >= 4 is 38.7 Å². The van der Waals surface area contributed by atoms with Gasteiger partial charge in [0.15, 0.2) is 5.82 Å². The van der Waals surface area contributed by atoms with Gasteiger partial charge in [0, 0.05) is 26.2 Å². The van der Waals surface area contributed by atoms with E-state index in [1.807, 2.05) is 13.8 Å². The fourth-order valence-corrected chi connectivity index (χ4v) is 3.75. The second kappa shape index (κ2) is 9.17. The van der Waals surface area contributed by atoms with E-state index in [2.05, 4.69) is 25.9 Å². The predicted molar refractivity (Wildman–Crippen MR) is 108 cm³/mol. The molecule has 1 saturated heterocycles. The summed E-state index contributed by atoms with van der Waals surface area (Å²) in [7, 11) is 0. The summed E-state index contributed by atoms with van der Waals surface area (Å²) >= 11 is 2.99. The summed E-state index contributed by atoms with van der Waals surface area (Å²) in [5, 5.41) is 9.48. The Labute approximate surface area is 175 Å². The summed E-state index contributed by atoms with van der Waals surface area (Å²) in [6, 6.07) is 0.718. The third-order valence-electron chi connectivity index (χ3n) is 4.75.